The summed E-state index contributed by atoms with van der Waals surface area (Å²) < 4.78 is 45.3. The first kappa shape index (κ1) is 24.6. The molecule has 1 aromatic heterocycles. The van der Waals surface area contributed by atoms with E-state index in [1.807, 2.05) is 11.5 Å². The van der Waals surface area contributed by atoms with Crippen LogP contribution in [-0.2, 0) is 22.3 Å². The number of rotatable bonds is 9. The van der Waals surface area contributed by atoms with E-state index in [1.165, 1.54) is 6.92 Å². The van der Waals surface area contributed by atoms with E-state index < -0.39 is 46.8 Å². The number of esters is 1. The molecule has 0 aliphatic carbocycles. The van der Waals surface area contributed by atoms with Crippen LogP contribution in [0.2, 0.25) is 0 Å². The summed E-state index contributed by atoms with van der Waals surface area (Å²) in [6.45, 7) is 8.49. The molecule has 1 heterocycles. The number of carbonyl (C=O) groups is 2. The first-order valence-electron chi connectivity index (χ1n) is 9.46. The lowest BCUT2D eigenvalue weighted by molar-refractivity contribution is -0.384. The molecule has 8 nitrogen and oxygen atoms in total. The van der Waals surface area contributed by atoms with Gasteiger partial charge in [0.15, 0.2) is 6.61 Å². The van der Waals surface area contributed by atoms with Crippen LogP contribution in [0.3, 0.4) is 0 Å². The molecule has 0 amide bonds. The van der Waals surface area contributed by atoms with Crippen molar-refractivity contribution in [3.63, 3.8) is 0 Å². The third-order valence-corrected chi connectivity index (χ3v) is 4.78. The number of halogens is 3. The fraction of sp³-hybridized carbons (Fsp3) is 0.333. The number of ether oxygens (including phenoxy) is 1. The number of benzene rings is 1. The average Bonchev–Trinajstić information content (AvgIpc) is 2.99. The molecule has 0 saturated heterocycles. The Hall–Kier alpha value is -3.63. The number of Topliss-reactive ketones (excluding diaryl/α,β-unsaturated/α-hetero) is 1. The number of ketones is 1. The van der Waals surface area contributed by atoms with Crippen LogP contribution in [0.25, 0.3) is 0 Å². The fourth-order valence-electron chi connectivity index (χ4n) is 3.11. The smallest absolute Gasteiger partial charge is 0.416 e. The summed E-state index contributed by atoms with van der Waals surface area (Å²) in [5, 5.41) is 13.6. The molecule has 0 aliphatic heterocycles. The van der Waals surface area contributed by atoms with Gasteiger partial charge in [0.1, 0.15) is 11.7 Å². The van der Waals surface area contributed by atoms with Gasteiger partial charge in [-0.05, 0) is 39.0 Å². The zero-order valence-electron chi connectivity index (χ0n) is 17.7. The predicted octanol–water partition coefficient (Wildman–Crippen LogP) is 4.44. The van der Waals surface area contributed by atoms with Crippen LogP contribution in [0.1, 0.15) is 34.2 Å². The van der Waals surface area contributed by atoms with Gasteiger partial charge in [-0.1, -0.05) is 6.08 Å². The number of hydrogen-bond acceptors (Lipinski definition) is 6. The number of hydrogen-bond donors (Lipinski definition) is 1. The number of allylic oxidation sites excluding steroid dienone is 1. The van der Waals surface area contributed by atoms with Crippen molar-refractivity contribution in [1.29, 1.82) is 0 Å². The van der Waals surface area contributed by atoms with Crippen molar-refractivity contribution in [2.45, 2.75) is 39.5 Å². The number of aromatic nitrogens is 1. The highest BCUT2D eigenvalue weighted by Gasteiger charge is 2.33. The van der Waals surface area contributed by atoms with Crippen molar-refractivity contribution in [2.75, 3.05) is 11.9 Å². The molecule has 0 radical (unpaired) electrons. The molecule has 0 saturated carbocycles. The maximum atomic E-state index is 12.8. The molecule has 32 heavy (non-hydrogen) atoms. The van der Waals surface area contributed by atoms with Crippen LogP contribution in [-0.4, -0.2) is 33.9 Å². The molecule has 11 heteroatoms. The lowest BCUT2D eigenvalue weighted by Gasteiger charge is -2.15. The van der Waals surface area contributed by atoms with Gasteiger partial charge >= 0.3 is 12.1 Å². The Morgan fingerprint density at radius 2 is 1.97 bits per heavy atom. The number of anilines is 1. The van der Waals surface area contributed by atoms with Gasteiger partial charge in [-0.3, -0.25) is 14.9 Å². The summed E-state index contributed by atoms with van der Waals surface area (Å²) in [4.78, 5) is 34.9. The van der Waals surface area contributed by atoms with Crippen LogP contribution in [0.5, 0.6) is 0 Å². The molecule has 172 valence electrons. The highest BCUT2D eigenvalue weighted by molar-refractivity contribution is 5.99. The van der Waals surface area contributed by atoms with E-state index in [9.17, 15) is 32.9 Å². The third kappa shape index (κ3) is 5.54. The minimum atomic E-state index is -4.75. The zero-order chi connectivity index (χ0) is 24.2. The van der Waals surface area contributed by atoms with Gasteiger partial charge in [-0.2, -0.15) is 13.2 Å². The highest BCUT2D eigenvalue weighted by atomic mass is 19.4. The highest BCUT2D eigenvalue weighted by Crippen LogP contribution is 2.35. The Morgan fingerprint density at radius 1 is 1.31 bits per heavy atom. The second-order valence-electron chi connectivity index (χ2n) is 7.07. The predicted molar refractivity (Wildman–Crippen MR) is 111 cm³/mol. The molecule has 0 fully saturated rings. The van der Waals surface area contributed by atoms with Gasteiger partial charge in [0.05, 0.1) is 10.5 Å². The van der Waals surface area contributed by atoms with E-state index in [0.29, 0.717) is 29.9 Å². The Kier molecular flexibility index (Phi) is 7.44. The third-order valence-electron chi connectivity index (χ3n) is 4.78. The van der Waals surface area contributed by atoms with Crippen molar-refractivity contribution < 1.29 is 32.4 Å². The maximum Gasteiger partial charge on any atom is 0.416 e. The fourth-order valence-corrected chi connectivity index (χ4v) is 3.11. The number of nitrogens with one attached hydrogen (secondary N) is 1. The lowest BCUT2D eigenvalue weighted by Crippen LogP contribution is -2.30. The van der Waals surface area contributed by atoms with E-state index >= 15 is 0 Å². The largest absolute Gasteiger partial charge is 0.456 e. The Labute approximate surface area is 181 Å². The summed E-state index contributed by atoms with van der Waals surface area (Å²) in [5.41, 5.74) is -0.408. The lowest BCUT2D eigenvalue weighted by atomic mass is 10.1. The number of aryl methyl sites for hydroxylation is 1. The number of nitro groups is 1. The number of nitro benzene ring substituents is 1. The summed E-state index contributed by atoms with van der Waals surface area (Å²) in [5.74, 6) is -1.33. The monoisotopic (exact) mass is 453 g/mol. The van der Waals surface area contributed by atoms with Crippen molar-refractivity contribution in [3.8, 4) is 0 Å². The Morgan fingerprint density at radius 3 is 2.53 bits per heavy atom. The minimum absolute atomic E-state index is 0.285. The van der Waals surface area contributed by atoms with Crippen LogP contribution in [0, 0.1) is 24.0 Å². The van der Waals surface area contributed by atoms with Crippen molar-refractivity contribution in [2.24, 2.45) is 0 Å². The quantitative estimate of drug-likeness (QED) is 0.198. The second kappa shape index (κ2) is 9.67. The van der Waals surface area contributed by atoms with Crippen LogP contribution >= 0.6 is 0 Å². The van der Waals surface area contributed by atoms with Crippen LogP contribution in [0.15, 0.2) is 36.9 Å². The first-order chi connectivity index (χ1) is 14.9. The van der Waals surface area contributed by atoms with Gasteiger partial charge in [0, 0.05) is 29.6 Å². The molecule has 0 aliphatic rings. The minimum Gasteiger partial charge on any atom is -0.456 e. The SMILES string of the molecule is C=CCn1c(C)cc(C(=O)COC(=O)C(C)Nc2ccc(C(F)(F)F)cc2[N+](=O)[O-])c1C. The van der Waals surface area contributed by atoms with Gasteiger partial charge < -0.3 is 14.6 Å². The molecule has 1 unspecified atom stereocenters. The molecule has 2 aromatic rings. The number of alkyl halides is 3. The summed E-state index contributed by atoms with van der Waals surface area (Å²) in [6, 6.07) is 2.41. The molecule has 0 spiro atoms. The van der Waals surface area contributed by atoms with Crippen molar-refractivity contribution in [3.05, 3.63) is 69.5 Å². The zero-order valence-corrected chi connectivity index (χ0v) is 17.7. The van der Waals surface area contributed by atoms with E-state index in [1.54, 1.807) is 19.1 Å². The van der Waals surface area contributed by atoms with E-state index in [4.69, 9.17) is 4.74 Å². The van der Waals surface area contributed by atoms with Gasteiger partial charge in [0.2, 0.25) is 5.78 Å². The van der Waals surface area contributed by atoms with E-state index in [-0.39, 0.29) is 5.69 Å². The topological polar surface area (TPSA) is 103 Å². The average molecular weight is 453 g/mol. The molecular weight excluding hydrogens is 431 g/mol. The van der Waals surface area contributed by atoms with Crippen molar-refractivity contribution in [1.82, 2.24) is 4.57 Å². The van der Waals surface area contributed by atoms with Crippen LogP contribution < -0.4 is 5.32 Å². The van der Waals surface area contributed by atoms with Gasteiger partial charge in [-0.15, -0.1) is 6.58 Å². The van der Waals surface area contributed by atoms with E-state index in [2.05, 4.69) is 11.9 Å². The molecule has 1 atom stereocenters. The van der Waals surface area contributed by atoms with Crippen LogP contribution in [0.4, 0.5) is 24.5 Å². The molecule has 2 rings (SSSR count). The summed E-state index contributed by atoms with van der Waals surface area (Å²) in [7, 11) is 0. The van der Waals surface area contributed by atoms with Gasteiger partial charge in [-0.25, -0.2) is 4.79 Å². The maximum absolute atomic E-state index is 12.8. The van der Waals surface area contributed by atoms with E-state index in [0.717, 1.165) is 11.8 Å². The standard InChI is InChI=1S/C21H22F3N3O5/c1-5-8-26-12(2)9-16(14(26)4)19(28)11-32-20(29)13(3)25-17-7-6-15(21(22,23)24)10-18(17)27(30)31/h5-7,9-10,13,25H,1,8,11H2,2-4H3. The molecule has 0 bridgehead atoms. The Balaban J connectivity index is 2.08. The normalized spacial score (nSPS) is 12.2. The van der Waals surface area contributed by atoms with Crippen molar-refractivity contribution >= 4 is 23.1 Å². The number of nitrogens with zero attached hydrogens (tertiary/aromatic N) is 2. The molecular formula is C21H22F3N3O5. The number of carbonyl (C=O) groups excluding carboxylic acids is 2. The second-order valence-corrected chi connectivity index (χ2v) is 7.07. The summed E-state index contributed by atoms with van der Waals surface area (Å²) >= 11 is 0. The molecule has 1 aromatic carbocycles. The first-order valence-corrected chi connectivity index (χ1v) is 9.46. The Bertz CT molecular complexity index is 1060. The summed E-state index contributed by atoms with van der Waals surface area (Å²) in [6.07, 6.45) is -3.07. The van der Waals surface area contributed by atoms with Gasteiger partial charge in [0.25, 0.3) is 5.69 Å². The molecule has 1 N–H and O–H groups in total.